The molecule has 1 heterocycles. The number of ether oxygens (including phenoxy) is 1. The molecule has 1 N–H and O–H groups in total. The molecule has 0 aromatic carbocycles. The summed E-state index contributed by atoms with van der Waals surface area (Å²) in [6.45, 7) is 5.14. The van der Waals surface area contributed by atoms with Gasteiger partial charge in [-0.2, -0.15) is 0 Å². The molecule has 0 saturated carbocycles. The molecule has 0 unspecified atom stereocenters. The third-order valence-corrected chi connectivity index (χ3v) is 0.967. The topological polar surface area (TPSA) is 41.8 Å². The van der Waals surface area contributed by atoms with Crippen LogP contribution in [-0.4, -0.2) is 31.3 Å². The molecule has 0 spiro atoms. The van der Waals surface area contributed by atoms with Gasteiger partial charge in [-0.25, -0.2) is 0 Å². The highest BCUT2D eigenvalue weighted by atomic mass is 16.5. The van der Waals surface area contributed by atoms with Crippen molar-refractivity contribution in [1.29, 1.82) is 0 Å². The summed E-state index contributed by atoms with van der Waals surface area (Å²) in [5, 5.41) is 7.00. The van der Waals surface area contributed by atoms with E-state index in [-0.39, 0.29) is 0 Å². The summed E-state index contributed by atoms with van der Waals surface area (Å²) in [5.74, 6) is 0.833. The number of aliphatic hydroxyl groups excluding tert-OH is 1. The van der Waals surface area contributed by atoms with Gasteiger partial charge < -0.3 is 9.84 Å². The second-order valence-electron chi connectivity index (χ2n) is 1.62. The lowest BCUT2D eigenvalue weighted by molar-refractivity contribution is 0.341. The molecule has 0 atom stereocenters. The number of nitrogens with zero attached hydrogens (tertiary/aromatic N) is 1. The van der Waals surface area contributed by atoms with Crippen molar-refractivity contribution in [3.63, 3.8) is 0 Å². The molecule has 10 heavy (non-hydrogen) atoms. The van der Waals surface area contributed by atoms with Gasteiger partial charge in [0.1, 0.15) is 6.61 Å². The van der Waals surface area contributed by atoms with Crippen molar-refractivity contribution < 1.29 is 9.84 Å². The zero-order valence-corrected chi connectivity index (χ0v) is 6.21. The van der Waals surface area contributed by atoms with E-state index in [1.807, 2.05) is 0 Å². The second-order valence-corrected chi connectivity index (χ2v) is 1.62. The van der Waals surface area contributed by atoms with Gasteiger partial charge in [0.05, 0.1) is 6.54 Å². The minimum atomic E-state index is 0.753. The maximum Gasteiger partial charge on any atom is 0.187 e. The van der Waals surface area contributed by atoms with Crippen LogP contribution in [0.3, 0.4) is 0 Å². The molecule has 0 saturated heterocycles. The third kappa shape index (κ3) is 3.25. The minimum Gasteiger partial charge on any atom is -0.479 e. The number of rotatable bonds is 2. The Kier molecular flexibility index (Phi) is 5.77. The average Bonchev–Trinajstić information content (AvgIpc) is 2.46. The Labute approximate surface area is 61.0 Å². The molecule has 0 aromatic rings. The van der Waals surface area contributed by atoms with Gasteiger partial charge in [0.15, 0.2) is 5.90 Å². The summed E-state index contributed by atoms with van der Waals surface area (Å²) in [7, 11) is 1.00. The van der Waals surface area contributed by atoms with Crippen molar-refractivity contribution in [2.45, 2.75) is 6.42 Å². The Bertz CT molecular complexity index is 121. The molecule has 0 aromatic heterocycles. The lowest BCUT2D eigenvalue weighted by Crippen LogP contribution is -1.95. The highest BCUT2D eigenvalue weighted by molar-refractivity contribution is 5.78. The third-order valence-electron chi connectivity index (χ3n) is 0.967. The smallest absolute Gasteiger partial charge is 0.187 e. The fourth-order valence-corrected chi connectivity index (χ4v) is 0.626. The molecule has 1 aliphatic rings. The van der Waals surface area contributed by atoms with E-state index in [9.17, 15) is 0 Å². The van der Waals surface area contributed by atoms with Crippen molar-refractivity contribution in [2.75, 3.05) is 20.3 Å². The van der Waals surface area contributed by atoms with Gasteiger partial charge in [-0.15, -0.1) is 6.58 Å². The van der Waals surface area contributed by atoms with Gasteiger partial charge in [-0.3, -0.25) is 4.99 Å². The van der Waals surface area contributed by atoms with Crippen LogP contribution < -0.4 is 0 Å². The van der Waals surface area contributed by atoms with Gasteiger partial charge in [-0.1, -0.05) is 6.08 Å². The van der Waals surface area contributed by atoms with Crippen LogP contribution in [0.2, 0.25) is 0 Å². The molecule has 58 valence electrons. The molecule has 1 rings (SSSR count). The van der Waals surface area contributed by atoms with E-state index in [0.29, 0.717) is 0 Å². The van der Waals surface area contributed by atoms with Gasteiger partial charge in [-0.05, 0) is 0 Å². The monoisotopic (exact) mass is 143 g/mol. The Morgan fingerprint density at radius 2 is 2.50 bits per heavy atom. The summed E-state index contributed by atoms with van der Waals surface area (Å²) in [5.41, 5.74) is 0. The molecule has 1 aliphatic heterocycles. The Morgan fingerprint density at radius 3 is 2.90 bits per heavy atom. The number of hydrogen-bond donors (Lipinski definition) is 1. The first-order valence-corrected chi connectivity index (χ1v) is 3.15. The zero-order chi connectivity index (χ0) is 7.82. The Balaban J connectivity index is 0.000000371. The van der Waals surface area contributed by atoms with Crippen LogP contribution in [0.4, 0.5) is 0 Å². The van der Waals surface area contributed by atoms with Crippen molar-refractivity contribution in [3.05, 3.63) is 12.7 Å². The largest absolute Gasteiger partial charge is 0.479 e. The van der Waals surface area contributed by atoms with E-state index in [1.165, 1.54) is 0 Å². The number of aliphatic imine (C=N–C) groups is 1. The van der Waals surface area contributed by atoms with Crippen LogP contribution in [0, 0.1) is 0 Å². The first-order chi connectivity index (χ1) is 4.93. The van der Waals surface area contributed by atoms with Gasteiger partial charge in [0.2, 0.25) is 0 Å². The predicted octanol–water partition coefficient (Wildman–Crippen LogP) is 0.600. The van der Waals surface area contributed by atoms with E-state index >= 15 is 0 Å². The van der Waals surface area contributed by atoms with Crippen LogP contribution >= 0.6 is 0 Å². The highest BCUT2D eigenvalue weighted by Gasteiger charge is 2.02. The molecule has 3 nitrogen and oxygen atoms in total. The second kappa shape index (κ2) is 6.29. The molecule has 3 heteroatoms. The molecule has 0 bridgehead atoms. The zero-order valence-electron chi connectivity index (χ0n) is 6.21. The van der Waals surface area contributed by atoms with Crippen molar-refractivity contribution >= 4 is 5.90 Å². The van der Waals surface area contributed by atoms with Crippen LogP contribution in [0.1, 0.15) is 6.42 Å². The summed E-state index contributed by atoms with van der Waals surface area (Å²) >= 11 is 0. The fourth-order valence-electron chi connectivity index (χ4n) is 0.626. The number of hydrogen-bond acceptors (Lipinski definition) is 3. The van der Waals surface area contributed by atoms with E-state index in [0.717, 1.165) is 32.6 Å². The molecular weight excluding hydrogens is 130 g/mol. The van der Waals surface area contributed by atoms with E-state index in [4.69, 9.17) is 9.84 Å². The molecular formula is C7H13NO2. The first-order valence-electron chi connectivity index (χ1n) is 3.15. The van der Waals surface area contributed by atoms with Crippen LogP contribution in [0.15, 0.2) is 17.6 Å². The van der Waals surface area contributed by atoms with Crippen molar-refractivity contribution in [3.8, 4) is 0 Å². The van der Waals surface area contributed by atoms with E-state index < -0.39 is 0 Å². The number of aliphatic hydroxyl groups is 1. The maximum absolute atomic E-state index is 7.00. The molecule has 0 radical (unpaired) electrons. The van der Waals surface area contributed by atoms with Gasteiger partial charge >= 0.3 is 0 Å². The summed E-state index contributed by atoms with van der Waals surface area (Å²) in [4.78, 5) is 4.05. The Morgan fingerprint density at radius 1 is 1.80 bits per heavy atom. The lowest BCUT2D eigenvalue weighted by atomic mass is 10.4. The fraction of sp³-hybridized carbons (Fsp3) is 0.571. The minimum absolute atomic E-state index is 0.753. The van der Waals surface area contributed by atoms with Crippen LogP contribution in [0.5, 0.6) is 0 Å². The van der Waals surface area contributed by atoms with Crippen molar-refractivity contribution in [2.24, 2.45) is 4.99 Å². The van der Waals surface area contributed by atoms with Crippen molar-refractivity contribution in [1.82, 2.24) is 0 Å². The van der Waals surface area contributed by atoms with Gasteiger partial charge in [0.25, 0.3) is 0 Å². The predicted molar refractivity (Wildman–Crippen MR) is 41.2 cm³/mol. The van der Waals surface area contributed by atoms with E-state index in [1.54, 1.807) is 6.08 Å². The summed E-state index contributed by atoms with van der Waals surface area (Å²) < 4.78 is 5.07. The summed E-state index contributed by atoms with van der Waals surface area (Å²) in [6.07, 6.45) is 2.57. The molecule has 0 fully saturated rings. The van der Waals surface area contributed by atoms with Crippen LogP contribution in [0.25, 0.3) is 0 Å². The Hall–Kier alpha value is -0.830. The molecule has 0 aliphatic carbocycles. The summed E-state index contributed by atoms with van der Waals surface area (Å²) in [6, 6.07) is 0. The normalized spacial score (nSPS) is 14.4. The molecule has 0 amide bonds. The van der Waals surface area contributed by atoms with Crippen LogP contribution in [-0.2, 0) is 4.74 Å². The first kappa shape index (κ1) is 9.17. The highest BCUT2D eigenvalue weighted by Crippen LogP contribution is 1.97. The maximum atomic E-state index is 7.00. The quantitative estimate of drug-likeness (QED) is 0.575. The van der Waals surface area contributed by atoms with E-state index in [2.05, 4.69) is 11.6 Å². The standard InChI is InChI=1S/C6H9NO.CH4O/c1-2-3-6-7-4-5-8-6;1-2/h2H,1,3-5H2;2H,1H3. The average molecular weight is 143 g/mol. The SMILES string of the molecule is C=CCC1=NCCO1.CO. The lowest BCUT2D eigenvalue weighted by Gasteiger charge is -1.92. The van der Waals surface area contributed by atoms with Gasteiger partial charge in [0, 0.05) is 13.5 Å².